The van der Waals surface area contributed by atoms with E-state index in [2.05, 4.69) is 10.3 Å². The Morgan fingerprint density at radius 3 is 2.54 bits per heavy atom. The molecular formula is C29H24F2N4O3S. The van der Waals surface area contributed by atoms with Crippen molar-refractivity contribution in [2.24, 2.45) is 0 Å². The lowest BCUT2D eigenvalue weighted by Crippen LogP contribution is -2.26. The first-order valence-corrected chi connectivity index (χ1v) is 12.8. The van der Waals surface area contributed by atoms with Gasteiger partial charge in [-0.3, -0.25) is 19.6 Å². The number of carbonyl (C=O) groups is 2. The second-order valence-corrected chi connectivity index (χ2v) is 9.95. The van der Waals surface area contributed by atoms with Crippen LogP contribution in [-0.4, -0.2) is 28.6 Å². The lowest BCUT2D eigenvalue weighted by atomic mass is 10.2. The Hall–Kier alpha value is -4.57. The van der Waals surface area contributed by atoms with Crippen molar-refractivity contribution in [1.29, 1.82) is 0 Å². The molecule has 3 aromatic carbocycles. The highest BCUT2D eigenvalue weighted by Gasteiger charge is 2.21. The molecule has 0 saturated carbocycles. The predicted molar refractivity (Wildman–Crippen MR) is 148 cm³/mol. The smallest absolute Gasteiger partial charge is 0.414 e. The second kappa shape index (κ2) is 11.0. The third kappa shape index (κ3) is 5.65. The van der Waals surface area contributed by atoms with Crippen molar-refractivity contribution >= 4 is 46.0 Å². The number of carbonyl (C=O) groups excluding carboxylic acids is 2. The molecule has 0 radical (unpaired) electrons. The second-order valence-electron chi connectivity index (χ2n) is 8.84. The van der Waals surface area contributed by atoms with Gasteiger partial charge in [-0.05, 0) is 60.5 Å². The van der Waals surface area contributed by atoms with Crippen LogP contribution in [0.3, 0.4) is 0 Å². The Labute approximate surface area is 227 Å². The van der Waals surface area contributed by atoms with Gasteiger partial charge in [0.25, 0.3) is 12.3 Å². The van der Waals surface area contributed by atoms with E-state index in [4.69, 9.17) is 4.74 Å². The van der Waals surface area contributed by atoms with Crippen LogP contribution in [0, 0.1) is 6.92 Å². The maximum Gasteiger partial charge on any atom is 0.414 e. The molecule has 5 aromatic rings. The summed E-state index contributed by atoms with van der Waals surface area (Å²) >= 11 is 0.735. The van der Waals surface area contributed by atoms with Crippen molar-refractivity contribution in [1.82, 2.24) is 9.55 Å². The number of hydrogen-bond acceptors (Lipinski definition) is 5. The molecule has 0 saturated heterocycles. The Balaban J connectivity index is 1.46. The number of halogens is 2. The molecule has 5 rings (SSSR count). The monoisotopic (exact) mass is 546 g/mol. The molecular weight excluding hydrogens is 522 g/mol. The summed E-state index contributed by atoms with van der Waals surface area (Å²) in [5.74, 6) is -0.322. The number of amides is 2. The molecule has 0 spiro atoms. The van der Waals surface area contributed by atoms with Gasteiger partial charge >= 0.3 is 6.09 Å². The van der Waals surface area contributed by atoms with Crippen LogP contribution in [0.1, 0.15) is 32.1 Å². The molecule has 7 nitrogen and oxygen atoms in total. The summed E-state index contributed by atoms with van der Waals surface area (Å²) < 4.78 is 33.3. The number of ether oxygens (including phenoxy) is 1. The van der Waals surface area contributed by atoms with E-state index in [0.29, 0.717) is 16.7 Å². The van der Waals surface area contributed by atoms with Crippen LogP contribution in [-0.2, 0) is 11.3 Å². The number of nitrogens with zero attached hydrogens (tertiary/aromatic N) is 3. The van der Waals surface area contributed by atoms with Gasteiger partial charge in [0.1, 0.15) is 6.61 Å². The largest absolute Gasteiger partial charge is 0.444 e. The molecule has 0 aliphatic rings. The average molecular weight is 547 g/mol. The van der Waals surface area contributed by atoms with Gasteiger partial charge in [-0.1, -0.05) is 42.5 Å². The Morgan fingerprint density at radius 1 is 1.03 bits per heavy atom. The maximum absolute atomic E-state index is 13.1. The van der Waals surface area contributed by atoms with Crippen LogP contribution < -0.4 is 10.2 Å². The minimum absolute atomic E-state index is 0.139. The molecule has 39 heavy (non-hydrogen) atoms. The molecule has 2 amide bonds. The number of nitrogens with one attached hydrogen (secondary N) is 1. The van der Waals surface area contributed by atoms with Crippen molar-refractivity contribution in [3.63, 3.8) is 0 Å². The minimum atomic E-state index is -2.65. The molecule has 2 aromatic heterocycles. The van der Waals surface area contributed by atoms with Gasteiger partial charge in [-0.15, -0.1) is 11.3 Å². The summed E-state index contributed by atoms with van der Waals surface area (Å²) in [6.07, 6.45) is -3.18. The van der Waals surface area contributed by atoms with Gasteiger partial charge in [-0.25, -0.2) is 18.6 Å². The number of fused-ring (bicyclic) bond motifs is 1. The average Bonchev–Trinajstić information content (AvgIpc) is 3.57. The third-order valence-corrected chi connectivity index (χ3v) is 7.15. The van der Waals surface area contributed by atoms with Crippen LogP contribution in [0.5, 0.6) is 0 Å². The molecule has 0 aliphatic carbocycles. The molecule has 0 bridgehead atoms. The van der Waals surface area contributed by atoms with Crippen molar-refractivity contribution in [2.75, 3.05) is 17.3 Å². The summed E-state index contributed by atoms with van der Waals surface area (Å²) in [5, 5.41) is 2.77. The van der Waals surface area contributed by atoms with Gasteiger partial charge in [-0.2, -0.15) is 0 Å². The molecule has 0 aliphatic heterocycles. The third-order valence-electron chi connectivity index (χ3n) is 6.06. The molecule has 1 N–H and O–H groups in total. The number of hydrogen-bond donors (Lipinski definition) is 1. The van der Waals surface area contributed by atoms with E-state index in [1.54, 1.807) is 29.8 Å². The molecule has 10 heteroatoms. The molecule has 0 atom stereocenters. The van der Waals surface area contributed by atoms with E-state index in [1.165, 1.54) is 17.0 Å². The fourth-order valence-electron chi connectivity index (χ4n) is 4.07. The number of aryl methyl sites for hydroxylation is 1. The Kier molecular flexibility index (Phi) is 7.38. The van der Waals surface area contributed by atoms with E-state index in [0.717, 1.165) is 28.2 Å². The fraction of sp³-hybridized carbons (Fsp3) is 0.138. The summed E-state index contributed by atoms with van der Waals surface area (Å²) in [6.45, 7) is 2.09. The van der Waals surface area contributed by atoms with Crippen LogP contribution >= 0.6 is 11.3 Å². The number of alkyl halides is 2. The number of imidazole rings is 1. The van der Waals surface area contributed by atoms with E-state index in [9.17, 15) is 18.4 Å². The zero-order chi connectivity index (χ0) is 27.5. The molecule has 198 valence electrons. The number of aromatic nitrogens is 2. The zero-order valence-electron chi connectivity index (χ0n) is 21.1. The topological polar surface area (TPSA) is 76.5 Å². The van der Waals surface area contributed by atoms with Crippen LogP contribution in [0.25, 0.3) is 16.7 Å². The van der Waals surface area contributed by atoms with Gasteiger partial charge < -0.3 is 4.74 Å². The summed E-state index contributed by atoms with van der Waals surface area (Å²) in [6, 6.07) is 24.9. The van der Waals surface area contributed by atoms with Crippen LogP contribution in [0.2, 0.25) is 0 Å². The zero-order valence-corrected chi connectivity index (χ0v) is 21.9. The van der Waals surface area contributed by atoms with E-state index < -0.39 is 18.4 Å². The summed E-state index contributed by atoms with van der Waals surface area (Å²) in [5.41, 5.74) is 4.39. The first-order valence-electron chi connectivity index (χ1n) is 12.0. The van der Waals surface area contributed by atoms with Crippen molar-refractivity contribution in [3.8, 4) is 5.69 Å². The van der Waals surface area contributed by atoms with Gasteiger partial charge in [0, 0.05) is 18.4 Å². The van der Waals surface area contributed by atoms with Crippen LogP contribution in [0.4, 0.5) is 25.2 Å². The first kappa shape index (κ1) is 26.1. The van der Waals surface area contributed by atoms with E-state index >= 15 is 0 Å². The quantitative estimate of drug-likeness (QED) is 0.231. The number of thiophene rings is 1. The normalized spacial score (nSPS) is 11.1. The van der Waals surface area contributed by atoms with E-state index in [1.807, 2.05) is 61.5 Å². The Morgan fingerprint density at radius 2 is 1.82 bits per heavy atom. The fourth-order valence-corrected chi connectivity index (χ4v) is 4.83. The lowest BCUT2D eigenvalue weighted by Gasteiger charge is -2.17. The predicted octanol–water partition coefficient (Wildman–Crippen LogP) is 7.36. The standard InChI is InChI=1S/C29H24F2N4O3S/c1-18-7-6-10-21(15-18)35-23-12-11-20(34(2)29(37)38-17-19-8-4-3-5-9-19)16-22(23)32-28(35)33-27(36)25-14-13-24(39-25)26(30)31/h3-16,26H,17H2,1-2H3,(H,32,33,36). The highest BCUT2D eigenvalue weighted by Crippen LogP contribution is 2.31. The number of anilines is 2. The van der Waals surface area contributed by atoms with Gasteiger partial charge in [0.2, 0.25) is 5.95 Å². The van der Waals surface area contributed by atoms with Crippen molar-refractivity contribution < 1.29 is 23.1 Å². The number of rotatable bonds is 7. The van der Waals surface area contributed by atoms with Crippen molar-refractivity contribution in [2.45, 2.75) is 20.0 Å². The van der Waals surface area contributed by atoms with Gasteiger partial charge in [0.15, 0.2) is 0 Å². The van der Waals surface area contributed by atoms with Gasteiger partial charge in [0.05, 0.1) is 20.8 Å². The minimum Gasteiger partial charge on any atom is -0.444 e. The van der Waals surface area contributed by atoms with E-state index in [-0.39, 0.29) is 22.3 Å². The summed E-state index contributed by atoms with van der Waals surface area (Å²) in [7, 11) is 1.60. The summed E-state index contributed by atoms with van der Waals surface area (Å²) in [4.78, 5) is 31.6. The van der Waals surface area contributed by atoms with Crippen LogP contribution in [0.15, 0.2) is 84.9 Å². The first-order chi connectivity index (χ1) is 18.8. The Bertz CT molecular complexity index is 1650. The highest BCUT2D eigenvalue weighted by molar-refractivity contribution is 7.14. The SMILES string of the molecule is Cc1cccc(-n2c(NC(=O)c3ccc(C(F)F)s3)nc3cc(N(C)C(=O)OCc4ccccc4)ccc32)c1. The molecule has 0 unspecified atom stereocenters. The molecule has 0 fully saturated rings. The highest BCUT2D eigenvalue weighted by atomic mass is 32.1. The lowest BCUT2D eigenvalue weighted by molar-refractivity contribution is 0.102. The van der Waals surface area contributed by atoms with Crippen molar-refractivity contribution in [3.05, 3.63) is 106 Å². The maximum atomic E-state index is 13.1. The number of benzene rings is 3. The molecule has 2 heterocycles.